The molecule has 1 aliphatic heterocycles. The van der Waals surface area contributed by atoms with Gasteiger partial charge in [-0.05, 0) is 37.0 Å². The van der Waals surface area contributed by atoms with Gasteiger partial charge < -0.3 is 10.6 Å². The molecular weight excluding hydrogens is 354 g/mol. The molecule has 1 aromatic heterocycles. The predicted molar refractivity (Wildman–Crippen MR) is 103 cm³/mol. The quantitative estimate of drug-likeness (QED) is 0.814. The fourth-order valence-corrected chi connectivity index (χ4v) is 4.32. The van der Waals surface area contributed by atoms with Gasteiger partial charge in [-0.25, -0.2) is 4.98 Å². The lowest BCUT2D eigenvalue weighted by Gasteiger charge is -2.33. The fraction of sp³-hybridized carbons (Fsp3) is 0.368. The first-order valence-electron chi connectivity index (χ1n) is 8.49. The van der Waals surface area contributed by atoms with Crippen LogP contribution in [0, 0.1) is 0 Å². The molecule has 0 radical (unpaired) electrons. The lowest BCUT2D eigenvalue weighted by molar-refractivity contribution is -0.133. The summed E-state index contributed by atoms with van der Waals surface area (Å²) >= 11 is 7.68. The van der Waals surface area contributed by atoms with Crippen LogP contribution >= 0.6 is 23.4 Å². The van der Waals surface area contributed by atoms with Crippen molar-refractivity contribution in [3.63, 3.8) is 0 Å². The lowest BCUT2D eigenvalue weighted by atomic mass is 10.0. The topological polar surface area (TPSA) is 59.2 Å². The van der Waals surface area contributed by atoms with Crippen molar-refractivity contribution in [3.8, 4) is 0 Å². The number of piperidine rings is 1. The van der Waals surface area contributed by atoms with E-state index in [0.717, 1.165) is 36.5 Å². The Balaban J connectivity index is 1.49. The molecule has 0 saturated carbocycles. The third-order valence-electron chi connectivity index (χ3n) is 4.35. The molecule has 3 rings (SSSR count). The number of benzene rings is 1. The first kappa shape index (κ1) is 18.2. The van der Waals surface area contributed by atoms with Crippen molar-refractivity contribution < 1.29 is 4.79 Å². The van der Waals surface area contributed by atoms with Crippen LogP contribution in [0.5, 0.6) is 0 Å². The average Bonchev–Trinajstić information content (AvgIpc) is 2.62. The Morgan fingerprint density at radius 2 is 1.92 bits per heavy atom. The molecule has 1 aromatic carbocycles. The summed E-state index contributed by atoms with van der Waals surface area (Å²) in [5, 5.41) is 1.92. The maximum absolute atomic E-state index is 12.6. The van der Waals surface area contributed by atoms with Gasteiger partial charge >= 0.3 is 0 Å². The Morgan fingerprint density at radius 1 is 1.20 bits per heavy atom. The van der Waals surface area contributed by atoms with Crippen LogP contribution in [-0.4, -0.2) is 40.2 Å². The van der Waals surface area contributed by atoms with Gasteiger partial charge in [0.15, 0.2) is 0 Å². The zero-order valence-corrected chi connectivity index (χ0v) is 15.5. The summed E-state index contributed by atoms with van der Waals surface area (Å²) in [6, 6.07) is 15.1. The van der Waals surface area contributed by atoms with Crippen molar-refractivity contribution in [3.05, 3.63) is 59.2 Å². The molecule has 2 heterocycles. The molecule has 132 valence electrons. The molecule has 0 bridgehead atoms. The van der Waals surface area contributed by atoms with Gasteiger partial charge in [-0.3, -0.25) is 4.79 Å². The van der Waals surface area contributed by atoms with E-state index in [1.54, 1.807) is 17.8 Å². The van der Waals surface area contributed by atoms with Crippen LogP contribution in [0.4, 0.5) is 0 Å². The van der Waals surface area contributed by atoms with Gasteiger partial charge in [-0.2, -0.15) is 0 Å². The van der Waals surface area contributed by atoms with Crippen LogP contribution in [0.3, 0.4) is 0 Å². The van der Waals surface area contributed by atoms with Crippen molar-refractivity contribution in [1.29, 1.82) is 0 Å². The van der Waals surface area contributed by atoms with Gasteiger partial charge in [0, 0.05) is 18.3 Å². The number of carbonyl (C=O) groups is 1. The average molecular weight is 376 g/mol. The van der Waals surface area contributed by atoms with E-state index in [1.165, 1.54) is 0 Å². The molecule has 1 atom stereocenters. The number of aromatic nitrogens is 1. The first-order chi connectivity index (χ1) is 12.1. The number of hydrogen-bond donors (Lipinski definition) is 1. The summed E-state index contributed by atoms with van der Waals surface area (Å²) in [6.07, 6.45) is 2.48. The minimum atomic E-state index is -0.471. The number of hydrogen-bond acceptors (Lipinski definition) is 4. The van der Waals surface area contributed by atoms with E-state index in [2.05, 4.69) is 4.98 Å². The molecule has 0 spiro atoms. The zero-order valence-electron chi connectivity index (χ0n) is 14.0. The number of rotatable bonds is 5. The third kappa shape index (κ3) is 5.21. The molecule has 0 unspecified atom stereocenters. The van der Waals surface area contributed by atoms with Crippen LogP contribution in [0.15, 0.2) is 53.6 Å². The van der Waals surface area contributed by atoms with Crippen molar-refractivity contribution >= 4 is 29.3 Å². The van der Waals surface area contributed by atoms with Gasteiger partial charge in [-0.15, -0.1) is 11.8 Å². The Morgan fingerprint density at radius 3 is 2.60 bits per heavy atom. The van der Waals surface area contributed by atoms with Crippen LogP contribution < -0.4 is 5.73 Å². The third-order valence-corrected chi connectivity index (χ3v) is 5.83. The Kier molecular flexibility index (Phi) is 6.34. The minimum absolute atomic E-state index is 0.0492. The number of carbonyl (C=O) groups excluding carboxylic acids is 1. The number of pyridine rings is 1. The monoisotopic (exact) mass is 375 g/mol. The number of nitrogens with zero attached hydrogens (tertiary/aromatic N) is 2. The standard InChI is InChI=1S/C19H22ClN3OS/c20-17-7-4-8-18(22-17)25-15-9-11-23(12-10-15)19(24)16(21)13-14-5-2-1-3-6-14/h1-8,15-16H,9-13,21H2/t16-/m0/s1. The Labute approximate surface area is 157 Å². The summed E-state index contributed by atoms with van der Waals surface area (Å²) in [6.45, 7) is 1.50. The normalized spacial score (nSPS) is 16.6. The molecule has 25 heavy (non-hydrogen) atoms. The van der Waals surface area contributed by atoms with E-state index in [9.17, 15) is 4.79 Å². The molecule has 4 nitrogen and oxygen atoms in total. The molecule has 1 fully saturated rings. The van der Waals surface area contributed by atoms with Gasteiger partial charge in [0.25, 0.3) is 0 Å². The summed E-state index contributed by atoms with van der Waals surface area (Å²) in [5.41, 5.74) is 7.23. The van der Waals surface area contributed by atoms with E-state index in [0.29, 0.717) is 16.8 Å². The van der Waals surface area contributed by atoms with Crippen molar-refractivity contribution in [2.75, 3.05) is 13.1 Å². The van der Waals surface area contributed by atoms with Crippen molar-refractivity contribution in [1.82, 2.24) is 9.88 Å². The fourth-order valence-electron chi connectivity index (χ4n) is 3.01. The Bertz CT molecular complexity index is 705. The molecule has 2 aromatic rings. The minimum Gasteiger partial charge on any atom is -0.341 e. The number of amides is 1. The summed E-state index contributed by atoms with van der Waals surface area (Å²) in [4.78, 5) is 18.8. The maximum atomic E-state index is 12.6. The van der Waals surface area contributed by atoms with E-state index in [1.807, 2.05) is 47.4 Å². The SMILES string of the molecule is N[C@@H](Cc1ccccc1)C(=O)N1CCC(Sc2cccc(Cl)n2)CC1. The molecular formula is C19H22ClN3OS. The highest BCUT2D eigenvalue weighted by atomic mass is 35.5. The second kappa shape index (κ2) is 8.70. The second-order valence-electron chi connectivity index (χ2n) is 6.24. The van der Waals surface area contributed by atoms with Crippen LogP contribution in [-0.2, 0) is 11.2 Å². The molecule has 6 heteroatoms. The molecule has 1 aliphatic rings. The predicted octanol–water partition coefficient (Wildman–Crippen LogP) is 3.39. The summed E-state index contributed by atoms with van der Waals surface area (Å²) < 4.78 is 0. The van der Waals surface area contributed by atoms with Gasteiger partial charge in [-0.1, -0.05) is 48.0 Å². The highest BCUT2D eigenvalue weighted by Gasteiger charge is 2.27. The number of nitrogens with two attached hydrogens (primary N) is 1. The molecule has 1 amide bonds. The molecule has 2 N–H and O–H groups in total. The van der Waals surface area contributed by atoms with Gasteiger partial charge in [0.05, 0.1) is 11.1 Å². The Hall–Kier alpha value is -1.56. The van der Waals surface area contributed by atoms with E-state index in [4.69, 9.17) is 17.3 Å². The molecule has 0 aliphatic carbocycles. The van der Waals surface area contributed by atoms with Crippen molar-refractivity contribution in [2.24, 2.45) is 5.73 Å². The smallest absolute Gasteiger partial charge is 0.239 e. The first-order valence-corrected chi connectivity index (χ1v) is 9.75. The largest absolute Gasteiger partial charge is 0.341 e. The second-order valence-corrected chi connectivity index (χ2v) is 7.95. The van der Waals surface area contributed by atoms with Crippen LogP contribution in [0.1, 0.15) is 18.4 Å². The number of thioether (sulfide) groups is 1. The van der Waals surface area contributed by atoms with Gasteiger partial charge in [0.1, 0.15) is 5.15 Å². The molecule has 1 saturated heterocycles. The highest BCUT2D eigenvalue weighted by Crippen LogP contribution is 2.30. The summed E-state index contributed by atoms with van der Waals surface area (Å²) in [5.74, 6) is 0.0492. The zero-order chi connectivity index (χ0) is 17.6. The van der Waals surface area contributed by atoms with E-state index < -0.39 is 6.04 Å². The van der Waals surface area contributed by atoms with E-state index >= 15 is 0 Å². The van der Waals surface area contributed by atoms with E-state index in [-0.39, 0.29) is 5.91 Å². The lowest BCUT2D eigenvalue weighted by Crippen LogP contribution is -2.48. The maximum Gasteiger partial charge on any atom is 0.239 e. The van der Waals surface area contributed by atoms with Gasteiger partial charge in [0.2, 0.25) is 5.91 Å². The van der Waals surface area contributed by atoms with Crippen molar-refractivity contribution in [2.45, 2.75) is 35.6 Å². The number of halogens is 1. The number of likely N-dealkylation sites (tertiary alicyclic amines) is 1. The van der Waals surface area contributed by atoms with Crippen LogP contribution in [0.2, 0.25) is 5.15 Å². The van der Waals surface area contributed by atoms with Crippen LogP contribution in [0.25, 0.3) is 0 Å². The highest BCUT2D eigenvalue weighted by molar-refractivity contribution is 7.99. The summed E-state index contributed by atoms with van der Waals surface area (Å²) in [7, 11) is 0.